The predicted molar refractivity (Wildman–Crippen MR) is 40.6 cm³/mol. The molecule has 0 saturated heterocycles. The second-order valence-corrected chi connectivity index (χ2v) is 1.75. The van der Waals surface area contributed by atoms with E-state index in [4.69, 9.17) is 4.74 Å². The second-order valence-electron chi connectivity index (χ2n) is 1.75. The summed E-state index contributed by atoms with van der Waals surface area (Å²) in [6, 6.07) is 0. The molecule has 3 nitrogen and oxygen atoms in total. The van der Waals surface area contributed by atoms with Crippen LogP contribution in [0, 0.1) is 0 Å². The Morgan fingerprint density at radius 2 is 2.56 bits per heavy atom. The van der Waals surface area contributed by atoms with Crippen molar-refractivity contribution in [3.8, 4) is 0 Å². The van der Waals surface area contributed by atoms with Crippen molar-refractivity contribution >= 4 is 16.1 Å². The first-order valence-corrected chi connectivity index (χ1v) is 2.62. The third-order valence-corrected chi connectivity index (χ3v) is 1.20. The molecule has 0 fully saturated rings. The number of allylic oxidation sites excluding steroid dienone is 1. The minimum Gasteiger partial charge on any atom is -0.486 e. The summed E-state index contributed by atoms with van der Waals surface area (Å²) in [5, 5.41) is 3.08. The average molecular weight is 144 g/mol. The molecule has 0 spiro atoms. The first-order valence-electron chi connectivity index (χ1n) is 2.62. The topological polar surface area (TPSA) is 33.6 Å². The number of aliphatic imine (C=N–C) groups is 1. The van der Waals surface area contributed by atoms with Gasteiger partial charge in [0.2, 0.25) is 0 Å². The van der Waals surface area contributed by atoms with Crippen molar-refractivity contribution in [2.24, 2.45) is 4.99 Å². The van der Waals surface area contributed by atoms with Crippen LogP contribution in [0.3, 0.4) is 0 Å². The van der Waals surface area contributed by atoms with Gasteiger partial charge < -0.3 is 10.1 Å². The number of hydrogen-bond acceptors (Lipinski definition) is 3. The summed E-state index contributed by atoms with van der Waals surface area (Å²) in [4.78, 5) is 3.91. The fourth-order valence-corrected chi connectivity index (χ4v) is 0.751. The fourth-order valence-electron chi connectivity index (χ4n) is 0.751. The monoisotopic (exact) mass is 144 g/mol. The maximum atomic E-state index is 5.14. The predicted octanol–water partition coefficient (Wildman–Crippen LogP) is -0.0822. The molecule has 4 heteroatoms. The lowest BCUT2D eigenvalue weighted by Crippen LogP contribution is -2.30. The van der Waals surface area contributed by atoms with Gasteiger partial charge in [0, 0.05) is 0 Å². The Morgan fingerprint density at radius 1 is 1.67 bits per heavy atom. The van der Waals surface area contributed by atoms with Crippen LogP contribution in [0.25, 0.3) is 0 Å². The standard InChI is InChI=1S/C5H6N2O.H3P/c1-2-8-4-3-7-5(4)6-1;/h3H,1-2H2,(H,6,7);1H3. The first-order chi connectivity index (χ1) is 3.97. The molecular formula is C5H9N2OP. The fraction of sp³-hybridized carbons (Fsp3) is 0.400. The largest absolute Gasteiger partial charge is 0.486 e. The molecule has 0 radical (unpaired) electrons. The molecule has 0 bridgehead atoms. The molecule has 2 aliphatic rings. The summed E-state index contributed by atoms with van der Waals surface area (Å²) in [7, 11) is 0. The maximum Gasteiger partial charge on any atom is 0.179 e. The quantitative estimate of drug-likeness (QED) is 0.482. The van der Waals surface area contributed by atoms with E-state index in [0.29, 0.717) is 0 Å². The Balaban J connectivity index is 0.000000405. The Hall–Kier alpha value is -0.560. The van der Waals surface area contributed by atoms with Crippen LogP contribution in [0.5, 0.6) is 0 Å². The summed E-state index contributed by atoms with van der Waals surface area (Å²) in [5.41, 5.74) is 0. The Morgan fingerprint density at radius 3 is 2.89 bits per heavy atom. The SMILES string of the molecule is C1=NC2=C1OCCN2.P. The van der Waals surface area contributed by atoms with Gasteiger partial charge in [-0.1, -0.05) is 0 Å². The third-order valence-electron chi connectivity index (χ3n) is 1.20. The van der Waals surface area contributed by atoms with E-state index in [1.807, 2.05) is 0 Å². The summed E-state index contributed by atoms with van der Waals surface area (Å²) < 4.78 is 5.14. The van der Waals surface area contributed by atoms with Crippen LogP contribution in [-0.4, -0.2) is 19.4 Å². The lowest BCUT2D eigenvalue weighted by atomic mass is 10.4. The van der Waals surface area contributed by atoms with E-state index < -0.39 is 0 Å². The molecule has 9 heavy (non-hydrogen) atoms. The normalized spacial score (nSPS) is 20.4. The van der Waals surface area contributed by atoms with Crippen LogP contribution in [0.4, 0.5) is 0 Å². The lowest BCUT2D eigenvalue weighted by Gasteiger charge is -2.22. The van der Waals surface area contributed by atoms with Crippen LogP contribution in [0.2, 0.25) is 0 Å². The molecule has 2 rings (SSSR count). The molecule has 2 aliphatic heterocycles. The van der Waals surface area contributed by atoms with Crippen molar-refractivity contribution in [1.82, 2.24) is 5.32 Å². The van der Waals surface area contributed by atoms with Gasteiger partial charge in [-0.2, -0.15) is 9.90 Å². The van der Waals surface area contributed by atoms with Crippen molar-refractivity contribution in [3.05, 3.63) is 11.6 Å². The zero-order valence-electron chi connectivity index (χ0n) is 5.05. The van der Waals surface area contributed by atoms with Gasteiger partial charge >= 0.3 is 0 Å². The van der Waals surface area contributed by atoms with Crippen molar-refractivity contribution in [1.29, 1.82) is 0 Å². The summed E-state index contributed by atoms with van der Waals surface area (Å²) in [6.45, 7) is 1.65. The van der Waals surface area contributed by atoms with Gasteiger partial charge in [-0.25, -0.2) is 4.99 Å². The van der Waals surface area contributed by atoms with Gasteiger partial charge in [0.05, 0.1) is 12.8 Å². The van der Waals surface area contributed by atoms with Crippen LogP contribution in [0.15, 0.2) is 16.6 Å². The molecule has 1 unspecified atom stereocenters. The number of hydrogen-bond donors (Lipinski definition) is 1. The van der Waals surface area contributed by atoms with Gasteiger partial charge in [0.1, 0.15) is 6.61 Å². The van der Waals surface area contributed by atoms with Crippen molar-refractivity contribution in [3.63, 3.8) is 0 Å². The highest BCUT2D eigenvalue weighted by Crippen LogP contribution is 2.13. The number of nitrogens with one attached hydrogen (secondary N) is 1. The minimum atomic E-state index is 0. The van der Waals surface area contributed by atoms with Gasteiger partial charge in [-0.05, 0) is 0 Å². The highest BCUT2D eigenvalue weighted by atomic mass is 31.0. The van der Waals surface area contributed by atoms with Gasteiger partial charge in [-0.3, -0.25) is 0 Å². The van der Waals surface area contributed by atoms with E-state index >= 15 is 0 Å². The third kappa shape index (κ3) is 0.924. The molecular weight excluding hydrogens is 135 g/mol. The Labute approximate surface area is 56.8 Å². The second kappa shape index (κ2) is 2.36. The zero-order valence-corrected chi connectivity index (χ0v) is 6.47. The highest BCUT2D eigenvalue weighted by Gasteiger charge is 2.16. The molecule has 0 aromatic rings. The van der Waals surface area contributed by atoms with Crippen LogP contribution in [0.1, 0.15) is 0 Å². The number of rotatable bonds is 0. The van der Waals surface area contributed by atoms with Gasteiger partial charge in [-0.15, -0.1) is 0 Å². The summed E-state index contributed by atoms with van der Waals surface area (Å²) in [6.07, 6.45) is 1.72. The first kappa shape index (κ1) is 6.56. The van der Waals surface area contributed by atoms with Gasteiger partial charge in [0.25, 0.3) is 0 Å². The van der Waals surface area contributed by atoms with Crippen molar-refractivity contribution in [2.75, 3.05) is 13.2 Å². The van der Waals surface area contributed by atoms with Crippen LogP contribution in [-0.2, 0) is 4.74 Å². The van der Waals surface area contributed by atoms with Crippen LogP contribution >= 0.6 is 9.90 Å². The smallest absolute Gasteiger partial charge is 0.179 e. The van der Waals surface area contributed by atoms with E-state index in [9.17, 15) is 0 Å². The van der Waals surface area contributed by atoms with E-state index in [0.717, 1.165) is 24.7 Å². The summed E-state index contributed by atoms with van der Waals surface area (Å²) in [5.74, 6) is 1.83. The molecule has 2 heterocycles. The van der Waals surface area contributed by atoms with Crippen molar-refractivity contribution < 1.29 is 4.74 Å². The zero-order chi connectivity index (χ0) is 5.40. The molecule has 0 aromatic heterocycles. The number of nitrogens with zero attached hydrogens (tertiary/aromatic N) is 1. The molecule has 0 aromatic carbocycles. The van der Waals surface area contributed by atoms with Crippen LogP contribution < -0.4 is 5.32 Å². The maximum absolute atomic E-state index is 5.14. The lowest BCUT2D eigenvalue weighted by molar-refractivity contribution is 0.206. The summed E-state index contributed by atoms with van der Waals surface area (Å²) >= 11 is 0. The molecule has 50 valence electrons. The van der Waals surface area contributed by atoms with E-state index in [1.165, 1.54) is 0 Å². The molecule has 1 atom stereocenters. The van der Waals surface area contributed by atoms with E-state index in [2.05, 4.69) is 10.3 Å². The van der Waals surface area contributed by atoms with Crippen molar-refractivity contribution in [2.45, 2.75) is 0 Å². The molecule has 0 amide bonds. The molecule has 1 N–H and O–H groups in total. The van der Waals surface area contributed by atoms with E-state index in [1.54, 1.807) is 6.21 Å². The molecule has 0 saturated carbocycles. The Kier molecular flexibility index (Phi) is 1.72. The van der Waals surface area contributed by atoms with Gasteiger partial charge in [0.15, 0.2) is 11.6 Å². The highest BCUT2D eigenvalue weighted by molar-refractivity contribution is 6.92. The Bertz CT molecular complexity index is 158. The number of ether oxygens (including phenoxy) is 1. The average Bonchev–Trinajstić information content (AvgIpc) is 1.72. The minimum absolute atomic E-state index is 0. The van der Waals surface area contributed by atoms with E-state index in [-0.39, 0.29) is 9.90 Å². The molecule has 0 aliphatic carbocycles.